The van der Waals surface area contributed by atoms with Crippen molar-refractivity contribution in [2.45, 2.75) is 0 Å². The van der Waals surface area contributed by atoms with Gasteiger partial charge >= 0.3 is 0 Å². The van der Waals surface area contributed by atoms with Crippen molar-refractivity contribution in [2.24, 2.45) is 0 Å². The Labute approximate surface area is 161 Å². The van der Waals surface area contributed by atoms with Gasteiger partial charge in [0.2, 0.25) is 0 Å². The molecule has 9 heteroatoms. The highest BCUT2D eigenvalue weighted by Gasteiger charge is 2.17. The summed E-state index contributed by atoms with van der Waals surface area (Å²) in [5.74, 6) is -1.94. The molecule has 0 fully saturated rings. The normalized spacial score (nSPS) is 10.6. The quantitative estimate of drug-likeness (QED) is 0.352. The molecule has 2 aromatic rings. The van der Waals surface area contributed by atoms with Gasteiger partial charge in [-0.05, 0) is 52.9 Å². The van der Waals surface area contributed by atoms with Gasteiger partial charge in [0, 0.05) is 10.7 Å². The summed E-state index contributed by atoms with van der Waals surface area (Å²) in [6.45, 7) is 0.412. The molecule has 0 radical (unpaired) electrons. The van der Waals surface area contributed by atoms with Crippen molar-refractivity contribution < 1.29 is 23.1 Å². The number of hydroxylamine groups is 1. The fourth-order valence-electron chi connectivity index (χ4n) is 1.87. The topological polar surface area (TPSA) is 59.6 Å². The van der Waals surface area contributed by atoms with Crippen molar-refractivity contribution in [3.8, 4) is 0 Å². The van der Waals surface area contributed by atoms with Crippen LogP contribution in [0.3, 0.4) is 0 Å². The lowest BCUT2D eigenvalue weighted by atomic mass is 10.1. The molecule has 2 N–H and O–H groups in total. The van der Waals surface area contributed by atoms with Crippen LogP contribution in [-0.4, -0.2) is 26.2 Å². The van der Waals surface area contributed by atoms with E-state index >= 15 is 0 Å². The third-order valence-corrected chi connectivity index (χ3v) is 4.02. The van der Waals surface area contributed by atoms with Gasteiger partial charge in [0.1, 0.15) is 11.6 Å². The van der Waals surface area contributed by atoms with Gasteiger partial charge in [0.05, 0.1) is 35.2 Å². The summed E-state index contributed by atoms with van der Waals surface area (Å²) in [6, 6.07) is 6.62. The molecule has 134 valence electrons. The predicted molar refractivity (Wildman–Crippen MR) is 99.1 cm³/mol. The minimum Gasteiger partial charge on any atom is -0.382 e. The van der Waals surface area contributed by atoms with Crippen molar-refractivity contribution in [3.63, 3.8) is 0 Å². The van der Waals surface area contributed by atoms with Crippen LogP contribution in [-0.2, 0) is 9.57 Å². The molecule has 0 saturated carbocycles. The first-order valence-corrected chi connectivity index (χ1v) is 8.50. The first kappa shape index (κ1) is 19.8. The molecule has 0 heterocycles. The van der Waals surface area contributed by atoms with E-state index in [1.807, 2.05) is 22.6 Å². The molecule has 5 nitrogen and oxygen atoms in total. The first-order valence-electron chi connectivity index (χ1n) is 7.04. The molecule has 25 heavy (non-hydrogen) atoms. The number of carbonyl (C=O) groups excluding carboxylic acids is 1. The number of hydrogen-bond acceptors (Lipinski definition) is 4. The van der Waals surface area contributed by atoms with Crippen molar-refractivity contribution in [3.05, 3.63) is 56.1 Å². The minimum atomic E-state index is -0.744. The number of rotatable bonds is 7. The maximum Gasteiger partial charge on any atom is 0.277 e. The van der Waals surface area contributed by atoms with Gasteiger partial charge in [-0.2, -0.15) is 0 Å². The molecule has 2 aromatic carbocycles. The van der Waals surface area contributed by atoms with Crippen LogP contribution in [0.4, 0.5) is 20.2 Å². The summed E-state index contributed by atoms with van der Waals surface area (Å²) in [5, 5.41) is 2.46. The number of halogens is 4. The van der Waals surface area contributed by atoms with E-state index in [4.69, 9.17) is 21.2 Å². The number of amides is 1. The standard InChI is InChI=1S/C16H14ClF2IN2O3/c1-24-4-5-25-22-16(23)10-7-11(17)12(18)8-15(10)21-14-3-2-9(20)6-13(14)19/h2-3,6-8,21H,4-5H2,1H3,(H,22,23). The number of methoxy groups -OCH3 is 1. The summed E-state index contributed by atoms with van der Waals surface area (Å²) in [5.41, 5.74) is 2.34. The highest BCUT2D eigenvalue weighted by atomic mass is 127. The summed E-state index contributed by atoms with van der Waals surface area (Å²) < 4.78 is 33.3. The minimum absolute atomic E-state index is 0.00164. The molecule has 0 saturated heterocycles. The number of hydrogen-bond donors (Lipinski definition) is 2. The lowest BCUT2D eigenvalue weighted by Crippen LogP contribution is -2.26. The Balaban J connectivity index is 2.26. The van der Waals surface area contributed by atoms with Crippen LogP contribution in [0.1, 0.15) is 10.4 Å². The summed E-state index contributed by atoms with van der Waals surface area (Å²) in [6.07, 6.45) is 0. The van der Waals surface area contributed by atoms with Crippen molar-refractivity contribution in [2.75, 3.05) is 25.6 Å². The van der Waals surface area contributed by atoms with Crippen molar-refractivity contribution in [1.82, 2.24) is 5.48 Å². The van der Waals surface area contributed by atoms with Crippen LogP contribution < -0.4 is 10.8 Å². The Morgan fingerprint density at radius 2 is 1.92 bits per heavy atom. The van der Waals surface area contributed by atoms with Crippen molar-refractivity contribution >= 4 is 51.5 Å². The fraction of sp³-hybridized carbons (Fsp3) is 0.188. The van der Waals surface area contributed by atoms with Gasteiger partial charge in [0.15, 0.2) is 0 Å². The van der Waals surface area contributed by atoms with Gasteiger partial charge in [0.25, 0.3) is 5.91 Å². The number of ether oxygens (including phenoxy) is 1. The molecule has 0 aliphatic heterocycles. The van der Waals surface area contributed by atoms with Gasteiger partial charge in [-0.1, -0.05) is 11.6 Å². The van der Waals surface area contributed by atoms with Crippen LogP contribution in [0.5, 0.6) is 0 Å². The summed E-state index contributed by atoms with van der Waals surface area (Å²) >= 11 is 7.72. The number of nitrogens with one attached hydrogen (secondary N) is 2. The van der Waals surface area contributed by atoms with E-state index in [1.54, 1.807) is 6.07 Å². The SMILES string of the molecule is COCCONC(=O)c1cc(Cl)c(F)cc1Nc1ccc(I)cc1F. The molecular formula is C16H14ClF2IN2O3. The highest BCUT2D eigenvalue weighted by molar-refractivity contribution is 14.1. The third kappa shape index (κ3) is 5.50. The monoisotopic (exact) mass is 482 g/mol. The van der Waals surface area contributed by atoms with E-state index < -0.39 is 17.5 Å². The Morgan fingerprint density at radius 3 is 2.60 bits per heavy atom. The molecule has 0 aliphatic rings. The van der Waals surface area contributed by atoms with Gasteiger partial charge in [-0.25, -0.2) is 14.3 Å². The van der Waals surface area contributed by atoms with Crippen LogP contribution >= 0.6 is 34.2 Å². The van der Waals surface area contributed by atoms with Crippen LogP contribution in [0.25, 0.3) is 0 Å². The zero-order valence-electron chi connectivity index (χ0n) is 13.0. The van der Waals surface area contributed by atoms with Crippen LogP contribution in [0.15, 0.2) is 30.3 Å². The first-order chi connectivity index (χ1) is 11.9. The van der Waals surface area contributed by atoms with Gasteiger partial charge in [-0.15, -0.1) is 0 Å². The molecule has 1 amide bonds. The lowest BCUT2D eigenvalue weighted by Gasteiger charge is -2.14. The van der Waals surface area contributed by atoms with Gasteiger partial charge in [-0.3, -0.25) is 9.63 Å². The molecule has 0 spiro atoms. The van der Waals surface area contributed by atoms with E-state index in [2.05, 4.69) is 10.8 Å². The Hall–Kier alpha value is -1.49. The van der Waals surface area contributed by atoms with E-state index in [0.717, 1.165) is 12.1 Å². The molecule has 0 bridgehead atoms. The fourth-order valence-corrected chi connectivity index (χ4v) is 2.49. The van der Waals surface area contributed by atoms with E-state index in [1.165, 1.54) is 19.2 Å². The Morgan fingerprint density at radius 1 is 1.16 bits per heavy atom. The molecule has 0 atom stereocenters. The summed E-state index contributed by atoms with van der Waals surface area (Å²) in [4.78, 5) is 17.2. The van der Waals surface area contributed by atoms with E-state index in [9.17, 15) is 13.6 Å². The van der Waals surface area contributed by atoms with Crippen LogP contribution in [0.2, 0.25) is 5.02 Å². The second kappa shape index (κ2) is 9.27. The maximum atomic E-state index is 14.0. The van der Waals surface area contributed by atoms with Crippen molar-refractivity contribution in [1.29, 1.82) is 0 Å². The maximum absolute atomic E-state index is 14.0. The molecular weight excluding hydrogens is 469 g/mol. The molecule has 0 aliphatic carbocycles. The van der Waals surface area contributed by atoms with Crippen LogP contribution in [0, 0.1) is 15.2 Å². The Bertz CT molecular complexity index is 777. The zero-order chi connectivity index (χ0) is 18.4. The highest BCUT2D eigenvalue weighted by Crippen LogP contribution is 2.28. The van der Waals surface area contributed by atoms with E-state index in [0.29, 0.717) is 3.57 Å². The predicted octanol–water partition coefficient (Wildman–Crippen LogP) is 4.27. The Kier molecular flexibility index (Phi) is 7.36. The van der Waals surface area contributed by atoms with Gasteiger partial charge < -0.3 is 10.1 Å². The second-order valence-corrected chi connectivity index (χ2v) is 6.49. The zero-order valence-corrected chi connectivity index (χ0v) is 16.0. The second-order valence-electron chi connectivity index (χ2n) is 4.83. The largest absolute Gasteiger partial charge is 0.382 e. The lowest BCUT2D eigenvalue weighted by molar-refractivity contribution is 0.00894. The molecule has 2 rings (SSSR count). The van der Waals surface area contributed by atoms with E-state index in [-0.39, 0.29) is 35.2 Å². The smallest absolute Gasteiger partial charge is 0.277 e. The summed E-state index contributed by atoms with van der Waals surface area (Å²) in [7, 11) is 1.49. The number of anilines is 2. The average Bonchev–Trinajstić information content (AvgIpc) is 2.57. The average molecular weight is 483 g/mol. The molecule has 0 aromatic heterocycles. The molecule has 0 unspecified atom stereocenters. The number of benzene rings is 2. The third-order valence-electron chi connectivity index (χ3n) is 3.06. The number of carbonyl (C=O) groups is 1.